The Bertz CT molecular complexity index is 1020. The quantitative estimate of drug-likeness (QED) is 0.661. The van der Waals surface area contributed by atoms with Gasteiger partial charge in [-0.1, -0.05) is 51.1 Å². The number of benzene rings is 1. The van der Waals surface area contributed by atoms with Gasteiger partial charge >= 0.3 is 0 Å². The Morgan fingerprint density at radius 2 is 2.04 bits per heavy atom. The van der Waals surface area contributed by atoms with E-state index in [1.807, 2.05) is 30.3 Å². The zero-order valence-corrected chi connectivity index (χ0v) is 17.5. The molecule has 1 atom stereocenters. The molecule has 4 rings (SSSR count). The van der Waals surface area contributed by atoms with Crippen molar-refractivity contribution in [3.8, 4) is 0 Å². The smallest absolute Gasteiger partial charge is 0.263 e. The molecule has 0 spiro atoms. The number of aryl methyl sites for hydroxylation is 1. The molecule has 0 unspecified atom stereocenters. The highest BCUT2D eigenvalue weighted by atomic mass is 32.1. The molecule has 1 aliphatic rings. The second kappa shape index (κ2) is 7.21. The lowest BCUT2D eigenvalue weighted by molar-refractivity contribution is 0.0956. The van der Waals surface area contributed by atoms with Crippen LogP contribution < -0.4 is 11.1 Å². The lowest BCUT2D eigenvalue weighted by Gasteiger charge is -2.34. The molecule has 2 aromatic heterocycles. The van der Waals surface area contributed by atoms with Crippen LogP contribution in [0.1, 0.15) is 53.7 Å². The van der Waals surface area contributed by atoms with E-state index in [1.165, 1.54) is 29.0 Å². The fraction of sp³-hybridized carbons (Fsp3) is 0.391. The van der Waals surface area contributed by atoms with Gasteiger partial charge in [0, 0.05) is 17.6 Å². The van der Waals surface area contributed by atoms with Crippen molar-refractivity contribution < 1.29 is 4.79 Å². The molecule has 0 radical (unpaired) electrons. The Morgan fingerprint density at radius 1 is 1.29 bits per heavy atom. The second-order valence-corrected chi connectivity index (χ2v) is 9.76. The van der Waals surface area contributed by atoms with Crippen LogP contribution in [-0.4, -0.2) is 10.9 Å². The summed E-state index contributed by atoms with van der Waals surface area (Å²) >= 11 is 1.40. The molecule has 0 saturated carbocycles. The monoisotopic (exact) mass is 393 g/mol. The minimum atomic E-state index is -0.130. The van der Waals surface area contributed by atoms with Crippen LogP contribution in [-0.2, 0) is 19.4 Å². The van der Waals surface area contributed by atoms with Gasteiger partial charge < -0.3 is 11.1 Å². The van der Waals surface area contributed by atoms with Crippen LogP contribution in [0.2, 0.25) is 0 Å². The fourth-order valence-corrected chi connectivity index (χ4v) is 4.97. The number of carbonyl (C=O) groups is 1. The first-order chi connectivity index (χ1) is 13.3. The fourth-order valence-electron chi connectivity index (χ4n) is 3.96. The number of fused-ring (bicyclic) bond motifs is 2. The number of hydrogen-bond donors (Lipinski definition) is 2. The van der Waals surface area contributed by atoms with E-state index >= 15 is 0 Å². The molecule has 3 aromatic rings. The maximum atomic E-state index is 12.7. The van der Waals surface area contributed by atoms with Crippen molar-refractivity contribution in [3.63, 3.8) is 0 Å². The number of pyridine rings is 1. The molecule has 3 N–H and O–H groups in total. The van der Waals surface area contributed by atoms with Gasteiger partial charge in [-0.15, -0.1) is 11.3 Å². The first-order valence-electron chi connectivity index (χ1n) is 9.86. The number of anilines is 1. The summed E-state index contributed by atoms with van der Waals surface area (Å²) < 4.78 is 0. The van der Waals surface area contributed by atoms with Gasteiger partial charge in [0.1, 0.15) is 9.71 Å². The number of thiophene rings is 1. The van der Waals surface area contributed by atoms with Crippen molar-refractivity contribution in [2.75, 3.05) is 5.73 Å². The molecular weight excluding hydrogens is 366 g/mol. The van der Waals surface area contributed by atoms with Crippen molar-refractivity contribution in [1.29, 1.82) is 0 Å². The van der Waals surface area contributed by atoms with Crippen LogP contribution in [0.15, 0.2) is 36.4 Å². The van der Waals surface area contributed by atoms with Crippen LogP contribution >= 0.6 is 11.3 Å². The topological polar surface area (TPSA) is 68.0 Å². The third-order valence-corrected chi connectivity index (χ3v) is 6.93. The number of nitrogens with one attached hydrogen (secondary N) is 1. The summed E-state index contributed by atoms with van der Waals surface area (Å²) in [6, 6.07) is 12.1. The first kappa shape index (κ1) is 18.9. The van der Waals surface area contributed by atoms with E-state index in [-0.39, 0.29) is 11.3 Å². The molecule has 0 fully saturated rings. The van der Waals surface area contributed by atoms with Gasteiger partial charge in [-0.05, 0) is 47.8 Å². The lowest BCUT2D eigenvalue weighted by atomic mass is 9.71. The standard InChI is InChI=1S/C23H27N3OS/c1-23(2,3)16-9-10-18-15(11-16)12-17-19(24)20(28-22(17)26-18)21(27)25-13-14-7-5-4-6-8-14/h4-8,12,16H,9-11,13,24H2,1-3H3,(H,25,27)/t16-/m0/s1. The lowest BCUT2D eigenvalue weighted by Crippen LogP contribution is -2.27. The van der Waals surface area contributed by atoms with E-state index in [4.69, 9.17) is 10.7 Å². The number of nitrogen functional groups attached to an aromatic ring is 1. The first-order valence-corrected chi connectivity index (χ1v) is 10.7. The molecule has 0 aliphatic heterocycles. The zero-order valence-electron chi connectivity index (χ0n) is 16.7. The predicted octanol–water partition coefficient (Wildman–Crippen LogP) is 4.96. The Morgan fingerprint density at radius 3 is 2.75 bits per heavy atom. The molecule has 28 heavy (non-hydrogen) atoms. The molecular formula is C23H27N3OS. The number of nitrogens with two attached hydrogens (primary N) is 1. The summed E-state index contributed by atoms with van der Waals surface area (Å²) in [5, 5.41) is 3.90. The van der Waals surface area contributed by atoms with Gasteiger partial charge in [-0.3, -0.25) is 4.79 Å². The molecule has 0 saturated heterocycles. The summed E-state index contributed by atoms with van der Waals surface area (Å²) in [5.41, 5.74) is 10.7. The van der Waals surface area contributed by atoms with E-state index in [9.17, 15) is 4.79 Å². The van der Waals surface area contributed by atoms with Gasteiger partial charge in [0.05, 0.1) is 5.69 Å². The average molecular weight is 394 g/mol. The Kier molecular flexibility index (Phi) is 4.88. The number of rotatable bonds is 3. The SMILES string of the molecule is CC(C)(C)[C@H]1CCc2nc3sc(C(=O)NCc4ccccc4)c(N)c3cc2C1. The van der Waals surface area contributed by atoms with E-state index in [2.05, 4.69) is 32.2 Å². The van der Waals surface area contributed by atoms with Crippen LogP contribution in [0.4, 0.5) is 5.69 Å². The maximum absolute atomic E-state index is 12.7. The summed E-state index contributed by atoms with van der Waals surface area (Å²) in [5.74, 6) is 0.516. The van der Waals surface area contributed by atoms with E-state index < -0.39 is 0 Å². The highest BCUT2D eigenvalue weighted by molar-refractivity contribution is 7.21. The zero-order chi connectivity index (χ0) is 19.9. The minimum absolute atomic E-state index is 0.130. The van der Waals surface area contributed by atoms with Crippen molar-refractivity contribution in [1.82, 2.24) is 10.3 Å². The van der Waals surface area contributed by atoms with E-state index in [1.54, 1.807) is 0 Å². The van der Waals surface area contributed by atoms with Crippen LogP contribution in [0.5, 0.6) is 0 Å². The van der Waals surface area contributed by atoms with Gasteiger partial charge in [0.25, 0.3) is 5.91 Å². The molecule has 1 aliphatic carbocycles. The summed E-state index contributed by atoms with van der Waals surface area (Å²) in [4.78, 5) is 19.0. The van der Waals surface area contributed by atoms with Gasteiger partial charge in [-0.2, -0.15) is 0 Å². The van der Waals surface area contributed by atoms with Crippen molar-refractivity contribution >= 4 is 33.1 Å². The third kappa shape index (κ3) is 3.63. The average Bonchev–Trinajstić information content (AvgIpc) is 3.00. The second-order valence-electron chi connectivity index (χ2n) is 8.77. The number of carbonyl (C=O) groups excluding carboxylic acids is 1. The molecule has 146 valence electrons. The number of aromatic nitrogens is 1. The maximum Gasteiger partial charge on any atom is 0.263 e. The number of hydrogen-bond acceptors (Lipinski definition) is 4. The molecule has 1 amide bonds. The Hall–Kier alpha value is -2.40. The van der Waals surface area contributed by atoms with Crippen LogP contribution in [0.25, 0.3) is 10.2 Å². The molecule has 0 bridgehead atoms. The Balaban J connectivity index is 1.60. The van der Waals surface area contributed by atoms with Crippen molar-refractivity contribution in [3.05, 3.63) is 58.1 Å². The van der Waals surface area contributed by atoms with Gasteiger partial charge in [0.2, 0.25) is 0 Å². The predicted molar refractivity (Wildman–Crippen MR) is 117 cm³/mol. The van der Waals surface area contributed by atoms with E-state index in [0.717, 1.165) is 28.6 Å². The number of nitrogens with zero attached hydrogens (tertiary/aromatic N) is 1. The van der Waals surface area contributed by atoms with Crippen molar-refractivity contribution in [2.45, 2.75) is 46.6 Å². The molecule has 1 aromatic carbocycles. The third-order valence-electron chi connectivity index (χ3n) is 5.81. The Labute approximate surface area is 170 Å². The molecule has 4 nitrogen and oxygen atoms in total. The molecule has 5 heteroatoms. The van der Waals surface area contributed by atoms with Crippen molar-refractivity contribution in [2.24, 2.45) is 11.3 Å². The molecule has 2 heterocycles. The van der Waals surface area contributed by atoms with Gasteiger partial charge in [-0.25, -0.2) is 4.98 Å². The number of amides is 1. The van der Waals surface area contributed by atoms with E-state index in [0.29, 0.717) is 23.0 Å². The minimum Gasteiger partial charge on any atom is -0.397 e. The largest absolute Gasteiger partial charge is 0.397 e. The summed E-state index contributed by atoms with van der Waals surface area (Å²) in [6.07, 6.45) is 3.20. The highest BCUT2D eigenvalue weighted by Gasteiger charge is 2.30. The van der Waals surface area contributed by atoms with Gasteiger partial charge in [0.15, 0.2) is 0 Å². The normalized spacial score (nSPS) is 16.8. The summed E-state index contributed by atoms with van der Waals surface area (Å²) in [6.45, 7) is 7.42. The van der Waals surface area contributed by atoms with Crippen LogP contribution in [0.3, 0.4) is 0 Å². The summed E-state index contributed by atoms with van der Waals surface area (Å²) in [7, 11) is 0. The highest BCUT2D eigenvalue weighted by Crippen LogP contribution is 2.40. The van der Waals surface area contributed by atoms with Crippen LogP contribution in [0, 0.1) is 11.3 Å².